The summed E-state index contributed by atoms with van der Waals surface area (Å²) in [6.07, 6.45) is 6.23. The molecule has 0 unspecified atom stereocenters. The van der Waals surface area contributed by atoms with E-state index in [4.69, 9.17) is 32.7 Å². The molecule has 0 spiro atoms. The molecular formula is C28H31Cl2NO4. The number of anilines is 1. The van der Waals surface area contributed by atoms with Gasteiger partial charge in [-0.05, 0) is 91.1 Å². The van der Waals surface area contributed by atoms with Gasteiger partial charge in [0, 0.05) is 36.5 Å². The van der Waals surface area contributed by atoms with Gasteiger partial charge in [0.15, 0.2) is 0 Å². The van der Waals surface area contributed by atoms with Crippen molar-refractivity contribution < 1.29 is 19.1 Å². The van der Waals surface area contributed by atoms with Crippen LogP contribution in [-0.4, -0.2) is 30.5 Å². The predicted molar refractivity (Wildman–Crippen MR) is 140 cm³/mol. The van der Waals surface area contributed by atoms with Crippen LogP contribution in [0.3, 0.4) is 0 Å². The van der Waals surface area contributed by atoms with Gasteiger partial charge in [-0.15, -0.1) is 0 Å². The van der Waals surface area contributed by atoms with Crippen LogP contribution in [0, 0.1) is 11.8 Å². The van der Waals surface area contributed by atoms with Crippen molar-refractivity contribution in [3.05, 3.63) is 70.8 Å². The maximum atomic E-state index is 12.0. The zero-order valence-corrected chi connectivity index (χ0v) is 21.5. The van der Waals surface area contributed by atoms with Crippen LogP contribution in [0.25, 0.3) is 0 Å². The second-order valence-corrected chi connectivity index (χ2v) is 10.1. The van der Waals surface area contributed by atoms with Gasteiger partial charge in [-0.3, -0.25) is 9.59 Å². The molecular weight excluding hydrogens is 485 g/mol. The van der Waals surface area contributed by atoms with Crippen molar-refractivity contribution in [1.82, 2.24) is 0 Å². The minimum atomic E-state index is -0.502. The molecule has 0 bridgehead atoms. The van der Waals surface area contributed by atoms with Gasteiger partial charge < -0.3 is 14.4 Å². The Kier molecular flexibility index (Phi) is 8.40. The van der Waals surface area contributed by atoms with E-state index in [1.165, 1.54) is 18.1 Å². The van der Waals surface area contributed by atoms with E-state index in [-0.39, 0.29) is 18.0 Å². The second-order valence-electron chi connectivity index (χ2n) is 9.37. The summed E-state index contributed by atoms with van der Waals surface area (Å²) in [6, 6.07) is 11.4. The Hall–Kier alpha value is -2.50. The first-order valence-electron chi connectivity index (χ1n) is 12.1. The molecule has 3 atom stereocenters. The summed E-state index contributed by atoms with van der Waals surface area (Å²) in [5, 5.41) is 0.225. The first kappa shape index (κ1) is 25.6. The third kappa shape index (κ3) is 6.20. The lowest BCUT2D eigenvalue weighted by molar-refractivity contribution is -0.149. The molecule has 1 aliphatic heterocycles. The first-order chi connectivity index (χ1) is 16.9. The van der Waals surface area contributed by atoms with Crippen LogP contribution in [0.5, 0.6) is 5.75 Å². The van der Waals surface area contributed by atoms with Crippen LogP contribution in [0.2, 0.25) is 5.02 Å². The predicted octanol–water partition coefficient (Wildman–Crippen LogP) is 6.58. The fourth-order valence-electron chi connectivity index (χ4n) is 5.08. The number of carbonyl (C=O) groups excluding carboxylic acids is 2. The monoisotopic (exact) mass is 515 g/mol. The van der Waals surface area contributed by atoms with Gasteiger partial charge in [0.2, 0.25) is 0 Å². The molecule has 0 N–H and O–H groups in total. The molecule has 2 aliphatic rings. The van der Waals surface area contributed by atoms with E-state index in [0.29, 0.717) is 31.2 Å². The molecule has 0 amide bonds. The summed E-state index contributed by atoms with van der Waals surface area (Å²) in [4.78, 5) is 25.9. The molecule has 0 radical (unpaired) electrons. The Morgan fingerprint density at radius 2 is 2.03 bits per heavy atom. The van der Waals surface area contributed by atoms with Crippen molar-refractivity contribution in [3.63, 3.8) is 0 Å². The number of esters is 1. The maximum absolute atomic E-state index is 12.0. The molecule has 0 aromatic heterocycles. The maximum Gasteiger partial charge on any atom is 0.303 e. The van der Waals surface area contributed by atoms with Crippen LogP contribution in [0.4, 0.5) is 5.69 Å². The normalized spacial score (nSPS) is 20.7. The SMILES string of the molecule is C=C[C@H](OC(C)=O)[C@@H]1CC[C@H]1CN1Cc2ccc(Cl)cc2CCCCOc2ccc(C(=O)Cl)cc21. The van der Waals surface area contributed by atoms with Crippen LogP contribution in [-0.2, 0) is 22.5 Å². The topological polar surface area (TPSA) is 55.8 Å². The number of fused-ring (bicyclic) bond motifs is 2. The summed E-state index contributed by atoms with van der Waals surface area (Å²) in [5.74, 6) is 0.925. The van der Waals surface area contributed by atoms with Gasteiger partial charge in [-0.2, -0.15) is 0 Å². The first-order valence-corrected chi connectivity index (χ1v) is 12.9. The summed E-state index contributed by atoms with van der Waals surface area (Å²) in [7, 11) is 0. The van der Waals surface area contributed by atoms with E-state index >= 15 is 0 Å². The highest BCUT2D eigenvalue weighted by Crippen LogP contribution is 2.42. The number of hydrogen-bond acceptors (Lipinski definition) is 5. The number of rotatable bonds is 6. The molecule has 2 aromatic carbocycles. The molecule has 5 nitrogen and oxygen atoms in total. The van der Waals surface area contributed by atoms with Crippen molar-refractivity contribution in [2.24, 2.45) is 11.8 Å². The van der Waals surface area contributed by atoms with E-state index in [9.17, 15) is 9.59 Å². The molecule has 4 rings (SSSR count). The third-order valence-electron chi connectivity index (χ3n) is 7.04. The number of aryl methyl sites for hydroxylation is 1. The van der Waals surface area contributed by atoms with E-state index in [1.54, 1.807) is 12.1 Å². The Bertz CT molecular complexity index is 1100. The zero-order valence-electron chi connectivity index (χ0n) is 20.0. The molecule has 186 valence electrons. The summed E-state index contributed by atoms with van der Waals surface area (Å²) < 4.78 is 11.7. The number of benzene rings is 2. The summed E-state index contributed by atoms with van der Waals surface area (Å²) in [6.45, 7) is 7.26. The number of carbonyl (C=O) groups is 2. The van der Waals surface area contributed by atoms with E-state index < -0.39 is 5.24 Å². The lowest BCUT2D eigenvalue weighted by Gasteiger charge is -2.43. The zero-order chi connectivity index (χ0) is 24.9. The number of halogens is 2. The molecule has 0 saturated heterocycles. The molecule has 7 heteroatoms. The van der Waals surface area contributed by atoms with Gasteiger partial charge in [-0.1, -0.05) is 30.3 Å². The molecule has 1 heterocycles. The van der Waals surface area contributed by atoms with Gasteiger partial charge >= 0.3 is 5.97 Å². The highest BCUT2D eigenvalue weighted by Gasteiger charge is 2.39. The molecule has 2 aromatic rings. The Morgan fingerprint density at radius 1 is 1.20 bits per heavy atom. The minimum absolute atomic E-state index is 0.196. The van der Waals surface area contributed by atoms with Crippen LogP contribution < -0.4 is 9.64 Å². The standard InChI is InChI=1S/C28H31Cl2NO4/c1-3-26(35-18(2)32)24-11-8-22(24)17-31-16-21-7-10-23(29)14-19(21)6-4-5-13-34-27-12-9-20(28(30)33)15-25(27)31/h3,7,9-10,12,14-15,22,24,26H,1,4-6,8,11,13,16-17H2,2H3/t22-,24+,26-/m0/s1. The second kappa shape index (κ2) is 11.5. The van der Waals surface area contributed by atoms with Gasteiger partial charge in [-0.25, -0.2) is 0 Å². The summed E-state index contributed by atoms with van der Waals surface area (Å²) >= 11 is 12.2. The van der Waals surface area contributed by atoms with Crippen LogP contribution in [0.1, 0.15) is 54.1 Å². The smallest absolute Gasteiger partial charge is 0.303 e. The van der Waals surface area contributed by atoms with Crippen molar-refractivity contribution in [2.45, 2.75) is 51.7 Å². The average Bonchev–Trinajstić information content (AvgIpc) is 2.83. The highest BCUT2D eigenvalue weighted by atomic mass is 35.5. The Balaban J connectivity index is 1.71. The summed E-state index contributed by atoms with van der Waals surface area (Å²) in [5.41, 5.74) is 3.69. The van der Waals surface area contributed by atoms with Crippen molar-refractivity contribution in [3.8, 4) is 5.75 Å². The fraction of sp³-hybridized carbons (Fsp3) is 0.429. The quantitative estimate of drug-likeness (QED) is 0.247. The van der Waals surface area contributed by atoms with Crippen molar-refractivity contribution >= 4 is 40.1 Å². The van der Waals surface area contributed by atoms with Crippen LogP contribution >= 0.6 is 23.2 Å². The molecule has 1 saturated carbocycles. The lowest BCUT2D eigenvalue weighted by atomic mass is 9.70. The molecule has 1 fully saturated rings. The molecule has 35 heavy (non-hydrogen) atoms. The van der Waals surface area contributed by atoms with Crippen molar-refractivity contribution in [2.75, 3.05) is 18.1 Å². The highest BCUT2D eigenvalue weighted by molar-refractivity contribution is 6.67. The van der Waals surface area contributed by atoms with Gasteiger partial charge in [0.1, 0.15) is 11.9 Å². The van der Waals surface area contributed by atoms with Crippen LogP contribution in [0.15, 0.2) is 49.1 Å². The minimum Gasteiger partial charge on any atom is -0.491 e. The largest absolute Gasteiger partial charge is 0.491 e. The number of nitrogens with zero attached hydrogens (tertiary/aromatic N) is 1. The Morgan fingerprint density at radius 3 is 2.71 bits per heavy atom. The Labute approximate surface area is 217 Å². The van der Waals surface area contributed by atoms with E-state index in [1.807, 2.05) is 24.3 Å². The number of hydrogen-bond donors (Lipinski definition) is 0. The average molecular weight is 516 g/mol. The van der Waals surface area contributed by atoms with E-state index in [2.05, 4.69) is 17.5 Å². The molecule has 1 aliphatic carbocycles. The lowest BCUT2D eigenvalue weighted by Crippen LogP contribution is -2.44. The third-order valence-corrected chi connectivity index (χ3v) is 7.49. The van der Waals surface area contributed by atoms with Gasteiger partial charge in [0.25, 0.3) is 5.24 Å². The van der Waals surface area contributed by atoms with Crippen molar-refractivity contribution in [1.29, 1.82) is 0 Å². The fourth-order valence-corrected chi connectivity index (χ4v) is 5.39. The number of ether oxygens (including phenoxy) is 2. The van der Waals surface area contributed by atoms with Gasteiger partial charge in [0.05, 0.1) is 12.3 Å². The van der Waals surface area contributed by atoms with E-state index in [0.717, 1.165) is 48.6 Å².